The molecule has 0 fully saturated rings. The van der Waals surface area contributed by atoms with Gasteiger partial charge in [-0.1, -0.05) is 41.6 Å². The SMILES string of the molecule is CC(C)(C)C(=O)O/N=C1\c2ccccc2-c2nc3ccccc3nc21. The molecule has 1 heterocycles. The van der Waals surface area contributed by atoms with Crippen molar-refractivity contribution in [1.29, 1.82) is 0 Å². The smallest absolute Gasteiger partial charge is 0.317 e. The molecular formula is C20H17N3O2. The van der Waals surface area contributed by atoms with Crippen LogP contribution in [0.4, 0.5) is 0 Å². The molecule has 0 atom stereocenters. The van der Waals surface area contributed by atoms with Crippen LogP contribution in [0, 0.1) is 5.41 Å². The summed E-state index contributed by atoms with van der Waals surface area (Å²) in [5.74, 6) is -0.389. The normalized spacial score (nSPS) is 14.4. The lowest BCUT2D eigenvalue weighted by Crippen LogP contribution is -2.21. The third kappa shape index (κ3) is 2.58. The molecule has 2 aromatic carbocycles. The number of carbonyl (C=O) groups is 1. The first-order valence-electron chi connectivity index (χ1n) is 8.11. The van der Waals surface area contributed by atoms with E-state index in [1.165, 1.54) is 0 Å². The van der Waals surface area contributed by atoms with Crippen molar-refractivity contribution in [1.82, 2.24) is 9.97 Å². The first kappa shape index (κ1) is 15.4. The minimum atomic E-state index is -0.625. The maximum Gasteiger partial charge on any atom is 0.340 e. The van der Waals surface area contributed by atoms with Gasteiger partial charge in [-0.2, -0.15) is 0 Å². The van der Waals surface area contributed by atoms with Crippen LogP contribution in [0.3, 0.4) is 0 Å². The predicted octanol–water partition coefficient (Wildman–Crippen LogP) is 3.95. The second-order valence-corrected chi connectivity index (χ2v) is 7.02. The Balaban J connectivity index is 1.89. The number of aromatic nitrogens is 2. The van der Waals surface area contributed by atoms with Crippen molar-refractivity contribution in [2.45, 2.75) is 20.8 Å². The van der Waals surface area contributed by atoms with Crippen molar-refractivity contribution >= 4 is 22.7 Å². The Hall–Kier alpha value is -3.08. The average Bonchev–Trinajstić information content (AvgIpc) is 2.90. The Kier molecular flexibility index (Phi) is 3.39. The van der Waals surface area contributed by atoms with E-state index in [0.29, 0.717) is 11.4 Å². The molecule has 1 aromatic heterocycles. The van der Waals surface area contributed by atoms with Crippen LogP contribution in [0.25, 0.3) is 22.3 Å². The number of carbonyl (C=O) groups excluding carboxylic acids is 1. The van der Waals surface area contributed by atoms with Gasteiger partial charge in [-0.15, -0.1) is 0 Å². The van der Waals surface area contributed by atoms with E-state index in [1.54, 1.807) is 20.8 Å². The lowest BCUT2D eigenvalue weighted by molar-refractivity contribution is -0.152. The fraction of sp³-hybridized carbons (Fsp3) is 0.200. The zero-order valence-corrected chi connectivity index (χ0v) is 14.3. The molecule has 25 heavy (non-hydrogen) atoms. The summed E-state index contributed by atoms with van der Waals surface area (Å²) in [7, 11) is 0. The highest BCUT2D eigenvalue weighted by atomic mass is 16.7. The first-order valence-corrected chi connectivity index (χ1v) is 8.11. The Labute approximate surface area is 145 Å². The molecule has 0 unspecified atom stereocenters. The second kappa shape index (κ2) is 5.48. The van der Waals surface area contributed by atoms with Crippen LogP contribution in [0.1, 0.15) is 32.0 Å². The quantitative estimate of drug-likeness (QED) is 0.391. The number of rotatable bonds is 1. The maximum absolute atomic E-state index is 12.1. The third-order valence-corrected chi connectivity index (χ3v) is 4.06. The van der Waals surface area contributed by atoms with Crippen molar-refractivity contribution in [2.75, 3.05) is 0 Å². The minimum absolute atomic E-state index is 0.389. The number of nitrogens with zero attached hydrogens (tertiary/aromatic N) is 3. The average molecular weight is 331 g/mol. The summed E-state index contributed by atoms with van der Waals surface area (Å²) in [5, 5.41) is 4.14. The second-order valence-electron chi connectivity index (χ2n) is 7.02. The van der Waals surface area contributed by atoms with Crippen LogP contribution < -0.4 is 0 Å². The molecule has 0 radical (unpaired) electrons. The van der Waals surface area contributed by atoms with Crippen LogP contribution >= 0.6 is 0 Å². The Morgan fingerprint density at radius 3 is 2.08 bits per heavy atom. The number of hydrogen-bond donors (Lipinski definition) is 0. The first-order chi connectivity index (χ1) is 11.9. The van der Waals surface area contributed by atoms with E-state index < -0.39 is 5.41 Å². The largest absolute Gasteiger partial charge is 0.340 e. The maximum atomic E-state index is 12.1. The van der Waals surface area contributed by atoms with Gasteiger partial charge in [-0.05, 0) is 32.9 Å². The molecule has 124 valence electrons. The van der Waals surface area contributed by atoms with Gasteiger partial charge in [0.25, 0.3) is 0 Å². The highest BCUT2D eigenvalue weighted by Crippen LogP contribution is 2.35. The summed E-state index contributed by atoms with van der Waals surface area (Å²) in [4.78, 5) is 26.7. The summed E-state index contributed by atoms with van der Waals surface area (Å²) < 4.78 is 0. The van der Waals surface area contributed by atoms with Gasteiger partial charge in [-0.3, -0.25) is 0 Å². The van der Waals surface area contributed by atoms with Crippen LogP contribution in [0.2, 0.25) is 0 Å². The Bertz CT molecular complexity index is 1030. The molecule has 0 bridgehead atoms. The van der Waals surface area contributed by atoms with Gasteiger partial charge in [-0.25, -0.2) is 14.8 Å². The molecule has 0 aliphatic heterocycles. The topological polar surface area (TPSA) is 64.4 Å². The van der Waals surface area contributed by atoms with Crippen molar-refractivity contribution in [3.63, 3.8) is 0 Å². The molecule has 1 aliphatic rings. The van der Waals surface area contributed by atoms with Crippen LogP contribution in [0.15, 0.2) is 53.7 Å². The van der Waals surface area contributed by atoms with Gasteiger partial charge in [0, 0.05) is 11.1 Å². The predicted molar refractivity (Wildman–Crippen MR) is 96.2 cm³/mol. The van der Waals surface area contributed by atoms with E-state index in [9.17, 15) is 4.79 Å². The van der Waals surface area contributed by atoms with E-state index >= 15 is 0 Å². The van der Waals surface area contributed by atoms with Gasteiger partial charge >= 0.3 is 5.97 Å². The summed E-state index contributed by atoms with van der Waals surface area (Å²) in [6.07, 6.45) is 0. The standard InChI is InChI=1S/C20H17N3O2/c1-20(2,3)19(24)25-23-17-13-9-5-4-8-12(13)16-18(17)22-15-11-7-6-10-14(15)21-16/h4-11H,1-3H3/b23-17+. The van der Waals surface area contributed by atoms with Crippen molar-refractivity contribution < 1.29 is 9.63 Å². The van der Waals surface area contributed by atoms with Crippen LogP contribution in [-0.2, 0) is 9.63 Å². The summed E-state index contributed by atoms with van der Waals surface area (Å²) >= 11 is 0. The van der Waals surface area contributed by atoms with E-state index in [2.05, 4.69) is 5.16 Å². The van der Waals surface area contributed by atoms with E-state index in [-0.39, 0.29) is 5.97 Å². The summed E-state index contributed by atoms with van der Waals surface area (Å²) in [5.41, 5.74) is 4.74. The van der Waals surface area contributed by atoms with E-state index in [4.69, 9.17) is 14.8 Å². The van der Waals surface area contributed by atoms with E-state index in [0.717, 1.165) is 27.9 Å². The van der Waals surface area contributed by atoms with E-state index in [1.807, 2.05) is 48.5 Å². The summed E-state index contributed by atoms with van der Waals surface area (Å²) in [6, 6.07) is 15.5. The molecule has 1 aliphatic carbocycles. The summed E-state index contributed by atoms with van der Waals surface area (Å²) in [6.45, 7) is 5.37. The zero-order valence-electron chi connectivity index (χ0n) is 14.3. The zero-order chi connectivity index (χ0) is 17.6. The third-order valence-electron chi connectivity index (χ3n) is 4.06. The highest BCUT2D eigenvalue weighted by molar-refractivity contribution is 6.23. The van der Waals surface area contributed by atoms with Crippen LogP contribution in [0.5, 0.6) is 0 Å². The highest BCUT2D eigenvalue weighted by Gasteiger charge is 2.30. The number of benzene rings is 2. The Morgan fingerprint density at radius 2 is 1.44 bits per heavy atom. The van der Waals surface area contributed by atoms with Gasteiger partial charge in [0.2, 0.25) is 0 Å². The molecule has 5 nitrogen and oxygen atoms in total. The van der Waals surface area contributed by atoms with Gasteiger partial charge in [0.05, 0.1) is 22.1 Å². The number of fused-ring (bicyclic) bond motifs is 4. The van der Waals surface area contributed by atoms with Crippen molar-refractivity contribution in [3.05, 3.63) is 59.8 Å². The molecular weight excluding hydrogens is 314 g/mol. The molecule has 0 saturated heterocycles. The van der Waals surface area contributed by atoms with Gasteiger partial charge < -0.3 is 4.84 Å². The Morgan fingerprint density at radius 1 is 0.880 bits per heavy atom. The number of para-hydroxylation sites is 2. The molecule has 0 spiro atoms. The lowest BCUT2D eigenvalue weighted by atomic mass is 9.98. The molecule has 0 N–H and O–H groups in total. The fourth-order valence-electron chi connectivity index (χ4n) is 2.69. The number of hydrogen-bond acceptors (Lipinski definition) is 5. The monoisotopic (exact) mass is 331 g/mol. The van der Waals surface area contributed by atoms with Gasteiger partial charge in [0.15, 0.2) is 0 Å². The lowest BCUT2D eigenvalue weighted by Gasteiger charge is -2.13. The molecule has 0 saturated carbocycles. The molecule has 5 heteroatoms. The van der Waals surface area contributed by atoms with Crippen LogP contribution in [-0.4, -0.2) is 21.6 Å². The van der Waals surface area contributed by atoms with Crippen molar-refractivity contribution in [3.8, 4) is 11.3 Å². The van der Waals surface area contributed by atoms with Crippen molar-refractivity contribution in [2.24, 2.45) is 10.6 Å². The molecule has 3 aromatic rings. The number of oxime groups is 1. The fourth-order valence-corrected chi connectivity index (χ4v) is 2.69. The van der Waals surface area contributed by atoms with Gasteiger partial charge in [0.1, 0.15) is 11.4 Å². The molecule has 4 rings (SSSR count). The molecule has 0 amide bonds. The minimum Gasteiger partial charge on any atom is -0.317 e.